The minimum absolute atomic E-state index is 0.0632. The molecule has 6 heteroatoms. The van der Waals surface area contributed by atoms with Crippen molar-refractivity contribution in [2.45, 2.75) is 24.5 Å². The lowest BCUT2D eigenvalue weighted by atomic mass is 10.1. The summed E-state index contributed by atoms with van der Waals surface area (Å²) in [6, 6.07) is 0.283. The van der Waals surface area contributed by atoms with Crippen molar-refractivity contribution in [3.05, 3.63) is 12.0 Å². The molecule has 0 saturated carbocycles. The van der Waals surface area contributed by atoms with Crippen molar-refractivity contribution in [1.29, 1.82) is 0 Å². The molecule has 16 heavy (non-hydrogen) atoms. The number of hydrogen-bond acceptors (Lipinski definition) is 5. The van der Waals surface area contributed by atoms with E-state index in [1.54, 1.807) is 0 Å². The van der Waals surface area contributed by atoms with Crippen LogP contribution in [0.5, 0.6) is 0 Å². The van der Waals surface area contributed by atoms with Gasteiger partial charge in [-0.05, 0) is 25.5 Å². The van der Waals surface area contributed by atoms with Gasteiger partial charge in [0.25, 0.3) is 6.01 Å². The van der Waals surface area contributed by atoms with Crippen molar-refractivity contribution in [3.8, 4) is 0 Å². The molecule has 0 aliphatic carbocycles. The zero-order chi connectivity index (χ0) is 11.6. The summed E-state index contributed by atoms with van der Waals surface area (Å²) in [6.45, 7) is 2.94. The van der Waals surface area contributed by atoms with Crippen molar-refractivity contribution in [2.75, 3.05) is 17.6 Å². The first-order valence-corrected chi connectivity index (χ1v) is 6.14. The van der Waals surface area contributed by atoms with Gasteiger partial charge in [0.15, 0.2) is 5.69 Å². The second kappa shape index (κ2) is 4.37. The first-order chi connectivity index (χ1) is 7.59. The Kier molecular flexibility index (Phi) is 3.09. The third-order valence-electron chi connectivity index (χ3n) is 2.64. The molecule has 1 aromatic heterocycles. The minimum Gasteiger partial charge on any atom is -0.476 e. The van der Waals surface area contributed by atoms with Crippen molar-refractivity contribution >= 4 is 23.7 Å². The minimum atomic E-state index is -1.07. The smallest absolute Gasteiger partial charge is 0.357 e. The molecule has 1 saturated heterocycles. The fraction of sp³-hybridized carbons (Fsp3) is 0.600. The van der Waals surface area contributed by atoms with Crippen LogP contribution in [0.2, 0.25) is 0 Å². The van der Waals surface area contributed by atoms with Gasteiger partial charge in [-0.2, -0.15) is 16.7 Å². The number of anilines is 1. The fourth-order valence-electron chi connectivity index (χ4n) is 1.69. The number of nitrogens with zero attached hydrogens (tertiary/aromatic N) is 1. The summed E-state index contributed by atoms with van der Waals surface area (Å²) < 4.78 is 5.22. The number of aromatic nitrogens is 1. The standard InChI is InChI=1S/C10H14N2O3S/c1-10(3-2-4-16-10)6-11-9-12-7(5-15-9)8(13)14/h5H,2-4,6H2,1H3,(H,11,12)(H,13,14). The van der Waals surface area contributed by atoms with Gasteiger partial charge in [0.1, 0.15) is 6.26 Å². The molecular weight excluding hydrogens is 228 g/mol. The predicted molar refractivity (Wildman–Crippen MR) is 62.0 cm³/mol. The van der Waals surface area contributed by atoms with Gasteiger partial charge < -0.3 is 14.8 Å². The van der Waals surface area contributed by atoms with Gasteiger partial charge in [-0.1, -0.05) is 0 Å². The quantitative estimate of drug-likeness (QED) is 0.841. The van der Waals surface area contributed by atoms with Crippen LogP contribution in [0, 0.1) is 0 Å². The molecule has 2 heterocycles. The Balaban J connectivity index is 1.91. The number of oxazole rings is 1. The van der Waals surface area contributed by atoms with Crippen molar-refractivity contribution in [3.63, 3.8) is 0 Å². The van der Waals surface area contributed by atoms with E-state index in [2.05, 4.69) is 17.2 Å². The second-order valence-corrected chi connectivity index (χ2v) is 5.78. The molecule has 0 radical (unpaired) electrons. The Morgan fingerprint density at radius 1 is 1.81 bits per heavy atom. The number of nitrogens with one attached hydrogen (secondary N) is 1. The highest BCUT2D eigenvalue weighted by Gasteiger charge is 2.29. The normalized spacial score (nSPS) is 24.6. The monoisotopic (exact) mass is 242 g/mol. The van der Waals surface area contributed by atoms with E-state index < -0.39 is 5.97 Å². The van der Waals surface area contributed by atoms with Gasteiger partial charge in [0.05, 0.1) is 0 Å². The third kappa shape index (κ3) is 2.49. The number of thioether (sulfide) groups is 1. The Bertz CT molecular complexity index is 385. The zero-order valence-corrected chi connectivity index (χ0v) is 9.84. The number of carboxylic acid groups (broad SMARTS) is 1. The first kappa shape index (κ1) is 11.3. The number of hydrogen-bond donors (Lipinski definition) is 2. The number of rotatable bonds is 4. The molecule has 2 rings (SSSR count). The largest absolute Gasteiger partial charge is 0.476 e. The van der Waals surface area contributed by atoms with Gasteiger partial charge in [0, 0.05) is 11.3 Å². The molecule has 1 aliphatic heterocycles. The Hall–Kier alpha value is -1.17. The van der Waals surface area contributed by atoms with E-state index in [1.165, 1.54) is 12.2 Å². The molecule has 0 amide bonds. The molecular formula is C10H14N2O3S. The highest BCUT2D eigenvalue weighted by atomic mass is 32.2. The van der Waals surface area contributed by atoms with Crippen LogP contribution in [-0.4, -0.2) is 33.1 Å². The molecule has 1 unspecified atom stereocenters. The summed E-state index contributed by atoms with van der Waals surface area (Å²) in [5.41, 5.74) is -0.0632. The lowest BCUT2D eigenvalue weighted by molar-refractivity contribution is 0.0690. The van der Waals surface area contributed by atoms with E-state index >= 15 is 0 Å². The summed E-state index contributed by atoms with van der Waals surface area (Å²) in [4.78, 5) is 14.4. The Morgan fingerprint density at radius 3 is 3.19 bits per heavy atom. The molecule has 1 atom stereocenters. The van der Waals surface area contributed by atoms with E-state index in [0.717, 1.165) is 19.2 Å². The number of aromatic carboxylic acids is 1. The van der Waals surface area contributed by atoms with Crippen LogP contribution in [0.3, 0.4) is 0 Å². The summed E-state index contributed by atoms with van der Waals surface area (Å²) in [5.74, 6) is 0.114. The van der Waals surface area contributed by atoms with E-state index in [1.807, 2.05) is 11.8 Å². The third-order valence-corrected chi connectivity index (χ3v) is 4.18. The highest BCUT2D eigenvalue weighted by molar-refractivity contribution is 8.00. The maximum atomic E-state index is 10.6. The summed E-state index contributed by atoms with van der Waals surface area (Å²) >= 11 is 1.93. The maximum absolute atomic E-state index is 10.6. The molecule has 1 fully saturated rings. The predicted octanol–water partition coefficient (Wildman–Crippen LogP) is 2.07. The molecule has 0 spiro atoms. The molecule has 88 valence electrons. The van der Waals surface area contributed by atoms with E-state index in [9.17, 15) is 4.79 Å². The van der Waals surface area contributed by atoms with Crippen LogP contribution in [0.25, 0.3) is 0 Å². The van der Waals surface area contributed by atoms with Gasteiger partial charge in [-0.25, -0.2) is 4.79 Å². The second-order valence-electron chi connectivity index (χ2n) is 4.10. The first-order valence-electron chi connectivity index (χ1n) is 5.16. The van der Waals surface area contributed by atoms with E-state index in [-0.39, 0.29) is 16.5 Å². The molecule has 5 nitrogen and oxygen atoms in total. The van der Waals surface area contributed by atoms with Crippen LogP contribution in [0.4, 0.5) is 6.01 Å². The van der Waals surface area contributed by atoms with Crippen molar-refractivity contribution in [1.82, 2.24) is 4.98 Å². The highest BCUT2D eigenvalue weighted by Crippen LogP contribution is 2.37. The molecule has 1 aromatic rings. The van der Waals surface area contributed by atoms with Crippen molar-refractivity contribution in [2.24, 2.45) is 0 Å². The zero-order valence-electron chi connectivity index (χ0n) is 9.02. The summed E-state index contributed by atoms with van der Waals surface area (Å²) in [7, 11) is 0. The topological polar surface area (TPSA) is 75.4 Å². The lowest BCUT2D eigenvalue weighted by Gasteiger charge is -2.21. The Morgan fingerprint density at radius 2 is 2.62 bits per heavy atom. The van der Waals surface area contributed by atoms with Crippen LogP contribution < -0.4 is 5.32 Å². The fourth-order valence-corrected chi connectivity index (χ4v) is 2.94. The van der Waals surface area contributed by atoms with Gasteiger partial charge >= 0.3 is 5.97 Å². The van der Waals surface area contributed by atoms with Crippen molar-refractivity contribution < 1.29 is 14.3 Å². The van der Waals surface area contributed by atoms with Crippen LogP contribution in [-0.2, 0) is 0 Å². The maximum Gasteiger partial charge on any atom is 0.357 e. The van der Waals surface area contributed by atoms with Crippen LogP contribution >= 0.6 is 11.8 Å². The Labute approximate surface area is 97.6 Å². The van der Waals surface area contributed by atoms with Gasteiger partial charge in [-0.15, -0.1) is 0 Å². The van der Waals surface area contributed by atoms with Crippen LogP contribution in [0.15, 0.2) is 10.7 Å². The summed E-state index contributed by atoms with van der Waals surface area (Å²) in [5, 5.41) is 11.7. The van der Waals surface area contributed by atoms with Gasteiger partial charge in [0.2, 0.25) is 0 Å². The van der Waals surface area contributed by atoms with E-state index in [4.69, 9.17) is 9.52 Å². The lowest BCUT2D eigenvalue weighted by Crippen LogP contribution is -2.27. The molecule has 0 bridgehead atoms. The van der Waals surface area contributed by atoms with E-state index in [0.29, 0.717) is 0 Å². The molecule has 1 aliphatic rings. The SMILES string of the molecule is CC1(CNc2nc(C(=O)O)co2)CCCS1. The van der Waals surface area contributed by atoms with Gasteiger partial charge in [-0.3, -0.25) is 0 Å². The molecule has 2 N–H and O–H groups in total. The molecule has 0 aromatic carbocycles. The average Bonchev–Trinajstić information content (AvgIpc) is 2.84. The number of carboxylic acids is 1. The average molecular weight is 242 g/mol. The number of carbonyl (C=O) groups is 1. The van der Waals surface area contributed by atoms with Crippen LogP contribution in [0.1, 0.15) is 30.3 Å². The summed E-state index contributed by atoms with van der Waals surface area (Å²) in [6.07, 6.45) is 3.54.